The Hall–Kier alpha value is -1.81. The summed E-state index contributed by atoms with van der Waals surface area (Å²) in [6, 6.07) is 8.68. The van der Waals surface area contributed by atoms with Gasteiger partial charge in [0.15, 0.2) is 0 Å². The van der Waals surface area contributed by atoms with Crippen molar-refractivity contribution >= 4 is 16.6 Å². The number of pyridine rings is 1. The van der Waals surface area contributed by atoms with Gasteiger partial charge >= 0.3 is 0 Å². The Morgan fingerprint density at radius 2 is 2.19 bits per heavy atom. The molecule has 2 N–H and O–H groups in total. The molecule has 4 heteroatoms. The zero-order valence-corrected chi connectivity index (χ0v) is 12.7. The van der Waals surface area contributed by atoms with Crippen molar-refractivity contribution in [2.45, 2.75) is 25.3 Å². The third-order valence-corrected chi connectivity index (χ3v) is 4.70. The molecule has 1 heterocycles. The molecule has 3 rings (SSSR count). The Morgan fingerprint density at radius 1 is 1.33 bits per heavy atom. The number of ether oxygens (including phenoxy) is 1. The van der Waals surface area contributed by atoms with E-state index in [4.69, 9.17) is 10.5 Å². The number of nitrogens with two attached hydrogens (primary N) is 1. The van der Waals surface area contributed by atoms with E-state index < -0.39 is 0 Å². The quantitative estimate of drug-likeness (QED) is 0.938. The summed E-state index contributed by atoms with van der Waals surface area (Å²) >= 11 is 0. The van der Waals surface area contributed by atoms with Crippen molar-refractivity contribution in [3.05, 3.63) is 30.5 Å². The van der Waals surface area contributed by atoms with Gasteiger partial charge in [0, 0.05) is 24.7 Å². The van der Waals surface area contributed by atoms with Gasteiger partial charge in [-0.25, -0.2) is 4.98 Å². The van der Waals surface area contributed by atoms with Crippen LogP contribution in [-0.2, 0) is 0 Å². The van der Waals surface area contributed by atoms with E-state index in [1.165, 1.54) is 24.6 Å². The molecule has 0 amide bonds. The molecule has 1 aliphatic rings. The van der Waals surface area contributed by atoms with Crippen LogP contribution in [0.25, 0.3) is 10.8 Å². The topological polar surface area (TPSA) is 51.4 Å². The number of hydrogen-bond donors (Lipinski definition) is 1. The Kier molecular flexibility index (Phi) is 3.97. The molecular weight excluding hydrogens is 262 g/mol. The highest BCUT2D eigenvalue weighted by Crippen LogP contribution is 2.34. The average Bonchev–Trinajstić information content (AvgIpc) is 3.01. The summed E-state index contributed by atoms with van der Waals surface area (Å²) in [5.41, 5.74) is 5.93. The molecule has 112 valence electrons. The van der Waals surface area contributed by atoms with Crippen LogP contribution in [0.5, 0.6) is 5.75 Å². The van der Waals surface area contributed by atoms with Gasteiger partial charge in [-0.3, -0.25) is 0 Å². The van der Waals surface area contributed by atoms with Crippen molar-refractivity contribution in [3.8, 4) is 5.75 Å². The van der Waals surface area contributed by atoms with Crippen LogP contribution in [0.15, 0.2) is 30.5 Å². The zero-order valence-electron chi connectivity index (χ0n) is 12.7. The second-order valence-corrected chi connectivity index (χ2v) is 5.83. The SMILES string of the molecule is COc1ccc2c(N(C)C3CCCC3CN)nccc2c1. The Bertz CT molecular complexity index is 628. The molecule has 21 heavy (non-hydrogen) atoms. The van der Waals surface area contributed by atoms with Gasteiger partial charge in [0.05, 0.1) is 7.11 Å². The molecular formula is C17H23N3O. The number of anilines is 1. The van der Waals surface area contributed by atoms with Gasteiger partial charge in [-0.05, 0) is 55.0 Å². The van der Waals surface area contributed by atoms with Crippen LogP contribution in [0.4, 0.5) is 5.82 Å². The molecule has 1 saturated carbocycles. The minimum atomic E-state index is 0.496. The maximum Gasteiger partial charge on any atom is 0.136 e. The van der Waals surface area contributed by atoms with Crippen LogP contribution in [0.3, 0.4) is 0 Å². The number of nitrogens with zero attached hydrogens (tertiary/aromatic N) is 2. The number of hydrogen-bond acceptors (Lipinski definition) is 4. The minimum Gasteiger partial charge on any atom is -0.497 e. The lowest BCUT2D eigenvalue weighted by Gasteiger charge is -2.31. The van der Waals surface area contributed by atoms with E-state index in [1.807, 2.05) is 18.3 Å². The van der Waals surface area contributed by atoms with Gasteiger partial charge in [0.25, 0.3) is 0 Å². The van der Waals surface area contributed by atoms with Crippen molar-refractivity contribution in [1.82, 2.24) is 4.98 Å². The largest absolute Gasteiger partial charge is 0.497 e. The molecule has 1 aromatic heterocycles. The summed E-state index contributed by atoms with van der Waals surface area (Å²) in [5, 5.41) is 2.33. The van der Waals surface area contributed by atoms with Crippen molar-refractivity contribution in [1.29, 1.82) is 0 Å². The summed E-state index contributed by atoms with van der Waals surface area (Å²) in [6.07, 6.45) is 5.56. The summed E-state index contributed by atoms with van der Waals surface area (Å²) in [7, 11) is 3.84. The minimum absolute atomic E-state index is 0.496. The second-order valence-electron chi connectivity index (χ2n) is 5.83. The Labute approximate surface area is 125 Å². The highest BCUT2D eigenvalue weighted by atomic mass is 16.5. The smallest absolute Gasteiger partial charge is 0.136 e. The van der Waals surface area contributed by atoms with E-state index in [1.54, 1.807) is 7.11 Å². The molecule has 0 spiro atoms. The lowest BCUT2D eigenvalue weighted by Crippen LogP contribution is -2.38. The highest BCUT2D eigenvalue weighted by Gasteiger charge is 2.30. The van der Waals surface area contributed by atoms with Crippen LogP contribution in [0.2, 0.25) is 0 Å². The summed E-state index contributed by atoms with van der Waals surface area (Å²) in [4.78, 5) is 6.94. The fourth-order valence-corrected chi connectivity index (χ4v) is 3.51. The molecule has 0 bridgehead atoms. The first-order chi connectivity index (χ1) is 10.2. The van der Waals surface area contributed by atoms with Gasteiger partial charge in [-0.1, -0.05) is 6.42 Å². The number of rotatable bonds is 4. The molecule has 2 unspecified atom stereocenters. The molecule has 4 nitrogen and oxygen atoms in total. The molecule has 1 aliphatic carbocycles. The maximum atomic E-state index is 5.93. The van der Waals surface area contributed by atoms with Crippen molar-refractivity contribution < 1.29 is 4.74 Å². The van der Waals surface area contributed by atoms with Crippen molar-refractivity contribution in [3.63, 3.8) is 0 Å². The highest BCUT2D eigenvalue weighted by molar-refractivity contribution is 5.93. The van der Waals surface area contributed by atoms with E-state index in [2.05, 4.69) is 29.1 Å². The van der Waals surface area contributed by atoms with Gasteiger partial charge in [-0.2, -0.15) is 0 Å². The van der Waals surface area contributed by atoms with Crippen LogP contribution in [0.1, 0.15) is 19.3 Å². The molecule has 0 aliphatic heterocycles. The number of benzene rings is 1. The number of aromatic nitrogens is 1. The van der Waals surface area contributed by atoms with Crippen LogP contribution in [0, 0.1) is 5.92 Å². The standard InChI is InChI=1S/C17H23N3O/c1-20(16-5-3-4-13(16)11-18)17-15-7-6-14(21-2)10-12(15)8-9-19-17/h6-10,13,16H,3-5,11,18H2,1-2H3. The third kappa shape index (κ3) is 2.56. The van der Waals surface area contributed by atoms with Gasteiger partial charge < -0.3 is 15.4 Å². The Morgan fingerprint density at radius 3 is 2.95 bits per heavy atom. The number of methoxy groups -OCH3 is 1. The predicted octanol–water partition coefficient (Wildman–Crippen LogP) is 2.81. The summed E-state index contributed by atoms with van der Waals surface area (Å²) < 4.78 is 5.31. The predicted molar refractivity (Wildman–Crippen MR) is 86.9 cm³/mol. The molecule has 1 aromatic carbocycles. The van der Waals surface area contributed by atoms with E-state index in [-0.39, 0.29) is 0 Å². The molecule has 0 radical (unpaired) electrons. The monoisotopic (exact) mass is 285 g/mol. The number of fused-ring (bicyclic) bond motifs is 1. The maximum absolute atomic E-state index is 5.93. The second kappa shape index (κ2) is 5.90. The average molecular weight is 285 g/mol. The summed E-state index contributed by atoms with van der Waals surface area (Å²) in [5.74, 6) is 2.49. The zero-order chi connectivity index (χ0) is 14.8. The van der Waals surface area contributed by atoms with Crippen molar-refractivity contribution in [2.75, 3.05) is 25.6 Å². The lowest BCUT2D eigenvalue weighted by molar-refractivity contribution is 0.415. The van der Waals surface area contributed by atoms with Crippen LogP contribution < -0.4 is 15.4 Å². The first kappa shape index (κ1) is 14.1. The van der Waals surface area contributed by atoms with E-state index in [0.717, 1.165) is 23.5 Å². The van der Waals surface area contributed by atoms with E-state index >= 15 is 0 Å². The molecule has 1 fully saturated rings. The van der Waals surface area contributed by atoms with Gasteiger partial charge in [0.1, 0.15) is 11.6 Å². The van der Waals surface area contributed by atoms with Gasteiger partial charge in [0.2, 0.25) is 0 Å². The normalized spacial score (nSPS) is 21.7. The first-order valence-electron chi connectivity index (χ1n) is 7.60. The van der Waals surface area contributed by atoms with Crippen LogP contribution >= 0.6 is 0 Å². The van der Waals surface area contributed by atoms with Crippen LogP contribution in [-0.4, -0.2) is 31.7 Å². The lowest BCUT2D eigenvalue weighted by atomic mass is 10.0. The van der Waals surface area contributed by atoms with E-state index in [9.17, 15) is 0 Å². The third-order valence-electron chi connectivity index (χ3n) is 4.70. The first-order valence-corrected chi connectivity index (χ1v) is 7.60. The molecule has 2 atom stereocenters. The fourth-order valence-electron chi connectivity index (χ4n) is 3.51. The fraction of sp³-hybridized carbons (Fsp3) is 0.471. The summed E-state index contributed by atoms with van der Waals surface area (Å²) in [6.45, 7) is 0.758. The van der Waals surface area contributed by atoms with Gasteiger partial charge in [-0.15, -0.1) is 0 Å². The van der Waals surface area contributed by atoms with E-state index in [0.29, 0.717) is 12.0 Å². The molecule has 2 aromatic rings. The van der Waals surface area contributed by atoms with Crippen molar-refractivity contribution in [2.24, 2.45) is 11.7 Å². The Balaban J connectivity index is 1.99. The molecule has 0 saturated heterocycles.